The largest absolute Gasteiger partial charge is 1.00 e. The molecule has 2 heterocycles. The average molecular weight is 627 g/mol. The van der Waals surface area contributed by atoms with Crippen LogP contribution in [0.5, 0.6) is 0 Å². The van der Waals surface area contributed by atoms with Crippen molar-refractivity contribution in [2.24, 2.45) is 0 Å². The number of halogens is 1. The summed E-state index contributed by atoms with van der Waals surface area (Å²) in [5.74, 6) is 0. The van der Waals surface area contributed by atoms with E-state index in [-0.39, 0.29) is 17.0 Å². The van der Waals surface area contributed by atoms with E-state index < -0.39 is 7.26 Å². The summed E-state index contributed by atoms with van der Waals surface area (Å²) in [6.45, 7) is 0. The van der Waals surface area contributed by atoms with E-state index in [0.717, 1.165) is 29.1 Å². The molecule has 0 spiro atoms. The molecule has 2 aromatic heterocycles. The molecule has 0 N–H and O–H groups in total. The number of fused-ring (bicyclic) bond motifs is 1. The third-order valence-corrected chi connectivity index (χ3v) is 12.9. The quantitative estimate of drug-likeness (QED) is 0.156. The SMILES string of the molecule is [Br-].c1ccc(-c2cn3nc(CCCCCC[P+](c4ccccc4)(c4ccccc4)c4ccccc4)sc3n2)cc1. The Morgan fingerprint density at radius 3 is 1.62 bits per heavy atom. The van der Waals surface area contributed by atoms with Gasteiger partial charge in [0.05, 0.1) is 18.1 Å². The van der Waals surface area contributed by atoms with Crippen LogP contribution in [0.3, 0.4) is 0 Å². The Hall–Kier alpha value is -3.11. The van der Waals surface area contributed by atoms with Crippen LogP contribution in [0.25, 0.3) is 16.2 Å². The maximum atomic E-state index is 4.81. The van der Waals surface area contributed by atoms with Gasteiger partial charge in [-0.3, -0.25) is 0 Å². The van der Waals surface area contributed by atoms with Gasteiger partial charge in [0.2, 0.25) is 4.96 Å². The van der Waals surface area contributed by atoms with Crippen LogP contribution in [0, 0.1) is 0 Å². The topological polar surface area (TPSA) is 30.2 Å². The number of hydrogen-bond donors (Lipinski definition) is 0. The zero-order valence-corrected chi connectivity index (χ0v) is 25.7. The summed E-state index contributed by atoms with van der Waals surface area (Å²) in [6.07, 6.45) is 9.09. The molecular weight excluding hydrogens is 593 g/mol. The van der Waals surface area contributed by atoms with Crippen LogP contribution in [-0.4, -0.2) is 20.8 Å². The Kier molecular flexibility index (Phi) is 9.59. The number of unbranched alkanes of at least 4 members (excludes halogenated alkanes) is 3. The van der Waals surface area contributed by atoms with E-state index in [1.165, 1.54) is 46.3 Å². The molecule has 0 saturated heterocycles. The molecule has 202 valence electrons. The maximum absolute atomic E-state index is 4.81. The van der Waals surface area contributed by atoms with Crippen molar-refractivity contribution in [3.05, 3.63) is 133 Å². The van der Waals surface area contributed by atoms with Crippen molar-refractivity contribution in [3.63, 3.8) is 0 Å². The molecule has 3 nitrogen and oxygen atoms in total. The highest BCUT2D eigenvalue weighted by Gasteiger charge is 2.44. The Labute approximate surface area is 252 Å². The van der Waals surface area contributed by atoms with E-state index >= 15 is 0 Å². The predicted molar refractivity (Wildman–Crippen MR) is 168 cm³/mol. The van der Waals surface area contributed by atoms with E-state index in [0.29, 0.717) is 0 Å². The van der Waals surface area contributed by atoms with Gasteiger partial charge in [0.25, 0.3) is 0 Å². The van der Waals surface area contributed by atoms with Gasteiger partial charge in [-0.25, -0.2) is 9.50 Å². The van der Waals surface area contributed by atoms with E-state index in [1.807, 2.05) is 28.9 Å². The zero-order chi connectivity index (χ0) is 26.3. The summed E-state index contributed by atoms with van der Waals surface area (Å²) in [4.78, 5) is 5.78. The molecule has 0 atom stereocenters. The number of imidazole rings is 1. The Morgan fingerprint density at radius 1 is 0.600 bits per heavy atom. The first-order valence-corrected chi connectivity index (χ1v) is 16.6. The first-order valence-electron chi connectivity index (χ1n) is 13.8. The number of aryl methyl sites for hydroxylation is 1. The number of aromatic nitrogens is 3. The van der Waals surface area contributed by atoms with Crippen LogP contribution in [-0.2, 0) is 6.42 Å². The maximum Gasteiger partial charge on any atom is 0.212 e. The van der Waals surface area contributed by atoms with Crippen LogP contribution in [0.1, 0.15) is 30.7 Å². The van der Waals surface area contributed by atoms with Gasteiger partial charge in [-0.05, 0) is 55.7 Å². The van der Waals surface area contributed by atoms with E-state index in [1.54, 1.807) is 11.3 Å². The number of rotatable bonds is 11. The Balaban J connectivity index is 0.00000323. The highest BCUT2D eigenvalue weighted by Crippen LogP contribution is 2.56. The lowest BCUT2D eigenvalue weighted by Gasteiger charge is -2.27. The summed E-state index contributed by atoms with van der Waals surface area (Å²) in [7, 11) is -1.72. The molecule has 6 rings (SSSR count). The van der Waals surface area contributed by atoms with Crippen molar-refractivity contribution in [1.82, 2.24) is 14.6 Å². The van der Waals surface area contributed by atoms with E-state index in [2.05, 4.69) is 103 Å². The van der Waals surface area contributed by atoms with Gasteiger partial charge in [-0.15, -0.1) is 0 Å². The second-order valence-corrected chi connectivity index (χ2v) is 14.6. The highest BCUT2D eigenvalue weighted by molar-refractivity contribution is 7.95. The van der Waals surface area contributed by atoms with Crippen LogP contribution < -0.4 is 32.9 Å². The molecule has 0 amide bonds. The molecule has 4 aromatic carbocycles. The fourth-order valence-corrected chi connectivity index (χ4v) is 10.8. The minimum atomic E-state index is -1.72. The average Bonchev–Trinajstić information content (AvgIpc) is 3.58. The summed E-state index contributed by atoms with van der Waals surface area (Å²) in [5.41, 5.74) is 2.13. The molecule has 40 heavy (non-hydrogen) atoms. The standard InChI is InChI=1S/C34H33N3PS.BrH/c1(15-25-33-36-37-27-32(35-34(37)39-33)28-17-7-3-8-18-28)2-16-26-38(29-19-9-4-10-20-29,30-21-11-5-12-22-30)31-23-13-6-14-24-31;/h3-14,17-24,27H,1-2,15-16,25-26H2;1H/q+1;/p-1. The van der Waals surface area contributed by atoms with Gasteiger partial charge in [0.1, 0.15) is 28.2 Å². The van der Waals surface area contributed by atoms with Crippen molar-refractivity contribution in [3.8, 4) is 11.3 Å². The lowest BCUT2D eigenvalue weighted by atomic mass is 10.2. The second-order valence-electron chi connectivity index (χ2n) is 9.92. The van der Waals surface area contributed by atoms with Gasteiger partial charge >= 0.3 is 0 Å². The normalized spacial score (nSPS) is 11.4. The van der Waals surface area contributed by atoms with E-state index in [4.69, 9.17) is 10.1 Å². The van der Waals surface area contributed by atoms with Crippen molar-refractivity contribution in [2.45, 2.75) is 32.1 Å². The minimum absolute atomic E-state index is 0. The van der Waals surface area contributed by atoms with E-state index in [9.17, 15) is 0 Å². The molecular formula is C34H33BrN3PS. The molecule has 0 aliphatic heterocycles. The zero-order valence-electron chi connectivity index (χ0n) is 22.4. The van der Waals surface area contributed by atoms with Crippen molar-refractivity contribution >= 4 is 39.5 Å². The minimum Gasteiger partial charge on any atom is -1.00 e. The highest BCUT2D eigenvalue weighted by atomic mass is 79.9. The fraction of sp³-hybridized carbons (Fsp3) is 0.176. The van der Waals surface area contributed by atoms with Crippen LogP contribution in [0.4, 0.5) is 0 Å². The molecule has 6 aromatic rings. The number of benzene rings is 4. The van der Waals surface area contributed by atoms with Gasteiger partial charge in [-0.1, -0.05) is 103 Å². The molecule has 0 bridgehead atoms. The molecule has 0 saturated carbocycles. The molecule has 0 aliphatic rings. The third kappa shape index (κ3) is 6.12. The molecule has 0 unspecified atom stereocenters. The van der Waals surface area contributed by atoms with Crippen LogP contribution in [0.15, 0.2) is 128 Å². The Bertz CT molecular complexity index is 1470. The first-order chi connectivity index (χ1) is 19.3. The van der Waals surface area contributed by atoms with Crippen molar-refractivity contribution in [1.29, 1.82) is 0 Å². The van der Waals surface area contributed by atoms with Gasteiger partial charge in [-0.2, -0.15) is 5.10 Å². The summed E-state index contributed by atoms with van der Waals surface area (Å²) >= 11 is 1.72. The van der Waals surface area contributed by atoms with Gasteiger partial charge in [0, 0.05) is 12.0 Å². The monoisotopic (exact) mass is 625 g/mol. The molecule has 0 aliphatic carbocycles. The number of nitrogens with zero attached hydrogens (tertiary/aromatic N) is 3. The molecule has 0 radical (unpaired) electrons. The van der Waals surface area contributed by atoms with Gasteiger partial charge in [0.15, 0.2) is 0 Å². The van der Waals surface area contributed by atoms with Gasteiger partial charge < -0.3 is 17.0 Å². The number of hydrogen-bond acceptors (Lipinski definition) is 3. The fourth-order valence-electron chi connectivity index (χ4n) is 5.45. The predicted octanol–water partition coefficient (Wildman–Crippen LogP) is 4.56. The smallest absolute Gasteiger partial charge is 0.212 e. The lowest BCUT2D eigenvalue weighted by Crippen LogP contribution is -3.00. The first kappa shape index (κ1) is 28.4. The summed E-state index contributed by atoms with van der Waals surface area (Å²) in [6, 6.07) is 44.0. The molecule has 6 heteroatoms. The third-order valence-electron chi connectivity index (χ3n) is 7.38. The summed E-state index contributed by atoms with van der Waals surface area (Å²) in [5, 5.41) is 10.4. The Morgan fingerprint density at radius 2 is 1.10 bits per heavy atom. The second kappa shape index (κ2) is 13.5. The molecule has 0 fully saturated rings. The van der Waals surface area contributed by atoms with Crippen molar-refractivity contribution in [2.75, 3.05) is 6.16 Å². The van der Waals surface area contributed by atoms with Crippen LogP contribution >= 0.6 is 18.6 Å². The van der Waals surface area contributed by atoms with Crippen molar-refractivity contribution < 1.29 is 17.0 Å². The summed E-state index contributed by atoms with van der Waals surface area (Å²) < 4.78 is 1.95. The van der Waals surface area contributed by atoms with Crippen LogP contribution in [0.2, 0.25) is 0 Å². The lowest BCUT2D eigenvalue weighted by molar-refractivity contribution is -0.00000766.